The number of aliphatic carboxylic acids is 1. The Hall–Kier alpha value is -3.22. The predicted octanol–water partition coefficient (Wildman–Crippen LogP) is -3.19. The minimum atomic E-state index is -1.60. The number of aromatic hydroxyl groups is 1. The van der Waals surface area contributed by atoms with Gasteiger partial charge in [0.2, 0.25) is 17.7 Å². The number of phenols is 1. The lowest BCUT2D eigenvalue weighted by molar-refractivity contribution is -0.143. The number of phenolic OH excluding ortho intramolecular Hbond substituents is 1. The van der Waals surface area contributed by atoms with Crippen LogP contribution in [0, 0.1) is 0 Å². The van der Waals surface area contributed by atoms with Crippen molar-refractivity contribution in [1.82, 2.24) is 16.0 Å². The molecule has 1 rings (SSSR count). The second kappa shape index (κ2) is 11.7. The summed E-state index contributed by atoms with van der Waals surface area (Å²) in [5, 5.41) is 44.0. The van der Waals surface area contributed by atoms with E-state index in [1.165, 1.54) is 31.2 Å². The van der Waals surface area contributed by atoms with E-state index in [4.69, 9.17) is 15.9 Å². The van der Waals surface area contributed by atoms with Crippen molar-refractivity contribution in [2.24, 2.45) is 5.73 Å². The van der Waals surface area contributed by atoms with Gasteiger partial charge in [-0.05, 0) is 24.6 Å². The van der Waals surface area contributed by atoms with E-state index >= 15 is 0 Å². The standard InChI is InChI=1S/C18H26N4O8/c1-9(24)15(22-14(26)7-19)17(28)20-12(6-10-2-4-11(25)5-3-10)16(27)21-13(8-23)18(29)30/h2-5,9,12-13,15,23-25H,6-8,19H2,1H3,(H,20,28)(H,21,27)(H,22,26)(H,29,30). The number of hydrogen-bond donors (Lipinski definition) is 8. The Morgan fingerprint density at radius 1 is 1.00 bits per heavy atom. The number of aliphatic hydroxyl groups is 2. The van der Waals surface area contributed by atoms with Crippen molar-refractivity contribution in [1.29, 1.82) is 0 Å². The molecule has 12 heteroatoms. The predicted molar refractivity (Wildman–Crippen MR) is 103 cm³/mol. The third-order valence-corrected chi connectivity index (χ3v) is 4.07. The minimum absolute atomic E-state index is 0.0197. The summed E-state index contributed by atoms with van der Waals surface area (Å²) in [7, 11) is 0. The molecule has 0 spiro atoms. The zero-order valence-corrected chi connectivity index (χ0v) is 16.2. The second-order valence-corrected chi connectivity index (χ2v) is 6.50. The first-order valence-electron chi connectivity index (χ1n) is 8.98. The van der Waals surface area contributed by atoms with Crippen molar-refractivity contribution in [3.8, 4) is 5.75 Å². The fraction of sp³-hybridized carbons (Fsp3) is 0.444. The van der Waals surface area contributed by atoms with Gasteiger partial charge in [-0.1, -0.05) is 12.1 Å². The third kappa shape index (κ3) is 7.66. The summed E-state index contributed by atoms with van der Waals surface area (Å²) in [6.45, 7) is -0.0448. The molecule has 0 aliphatic carbocycles. The second-order valence-electron chi connectivity index (χ2n) is 6.50. The van der Waals surface area contributed by atoms with Gasteiger partial charge < -0.3 is 42.1 Å². The molecule has 12 nitrogen and oxygen atoms in total. The van der Waals surface area contributed by atoms with Gasteiger partial charge >= 0.3 is 5.97 Å². The molecule has 1 aromatic carbocycles. The number of carbonyl (C=O) groups is 4. The first-order valence-corrected chi connectivity index (χ1v) is 8.98. The van der Waals surface area contributed by atoms with Crippen LogP contribution >= 0.6 is 0 Å². The van der Waals surface area contributed by atoms with Crippen LogP contribution in [0.4, 0.5) is 0 Å². The highest BCUT2D eigenvalue weighted by molar-refractivity contribution is 5.94. The number of amides is 3. The molecule has 9 N–H and O–H groups in total. The Bertz CT molecular complexity index is 753. The molecule has 3 amide bonds. The summed E-state index contributed by atoms with van der Waals surface area (Å²) >= 11 is 0. The Labute approximate surface area is 172 Å². The summed E-state index contributed by atoms with van der Waals surface area (Å²) in [6.07, 6.45) is -1.42. The first kappa shape index (κ1) is 24.8. The largest absolute Gasteiger partial charge is 0.508 e. The first-order chi connectivity index (χ1) is 14.1. The molecule has 0 heterocycles. The van der Waals surface area contributed by atoms with Gasteiger partial charge in [-0.3, -0.25) is 14.4 Å². The van der Waals surface area contributed by atoms with Crippen molar-refractivity contribution in [2.75, 3.05) is 13.2 Å². The smallest absolute Gasteiger partial charge is 0.328 e. The molecule has 0 aliphatic heterocycles. The van der Waals surface area contributed by atoms with Crippen LogP contribution in [0.3, 0.4) is 0 Å². The van der Waals surface area contributed by atoms with Crippen LogP contribution in [-0.4, -0.2) is 81.5 Å². The molecule has 0 fully saturated rings. The normalized spacial score (nSPS) is 14.7. The number of nitrogens with one attached hydrogen (secondary N) is 3. The van der Waals surface area contributed by atoms with Gasteiger partial charge in [-0.15, -0.1) is 0 Å². The summed E-state index contributed by atoms with van der Waals surface area (Å²) in [5.74, 6) is -4.01. The van der Waals surface area contributed by atoms with E-state index in [1.807, 2.05) is 0 Å². The maximum absolute atomic E-state index is 12.6. The lowest BCUT2D eigenvalue weighted by atomic mass is 10.0. The third-order valence-electron chi connectivity index (χ3n) is 4.07. The van der Waals surface area contributed by atoms with Crippen LogP contribution in [0.2, 0.25) is 0 Å². The van der Waals surface area contributed by atoms with Crippen molar-refractivity contribution in [3.05, 3.63) is 29.8 Å². The lowest BCUT2D eigenvalue weighted by Crippen LogP contribution is -2.59. The van der Waals surface area contributed by atoms with Crippen LogP contribution in [0.5, 0.6) is 5.75 Å². The number of benzene rings is 1. The fourth-order valence-electron chi connectivity index (χ4n) is 2.43. The summed E-state index contributed by atoms with van der Waals surface area (Å²) in [6, 6.07) is 1.38. The van der Waals surface area contributed by atoms with E-state index in [2.05, 4.69) is 16.0 Å². The molecule has 166 valence electrons. The number of carboxylic acids is 1. The van der Waals surface area contributed by atoms with Gasteiger partial charge in [-0.25, -0.2) is 4.79 Å². The maximum Gasteiger partial charge on any atom is 0.328 e. The SMILES string of the molecule is CC(O)C(NC(=O)CN)C(=O)NC(Cc1ccc(O)cc1)C(=O)NC(CO)C(=O)O. The topological polar surface area (TPSA) is 211 Å². The van der Waals surface area contributed by atoms with Crippen LogP contribution in [0.15, 0.2) is 24.3 Å². The molecule has 0 aromatic heterocycles. The van der Waals surface area contributed by atoms with Gasteiger partial charge in [0.05, 0.1) is 19.3 Å². The van der Waals surface area contributed by atoms with Crippen molar-refractivity contribution < 1.29 is 39.6 Å². The molecule has 30 heavy (non-hydrogen) atoms. The van der Waals surface area contributed by atoms with E-state index in [9.17, 15) is 29.4 Å². The van der Waals surface area contributed by atoms with Gasteiger partial charge in [0, 0.05) is 6.42 Å². The number of carbonyl (C=O) groups excluding carboxylic acids is 3. The Morgan fingerprint density at radius 2 is 1.57 bits per heavy atom. The van der Waals surface area contributed by atoms with Crippen LogP contribution < -0.4 is 21.7 Å². The molecular weight excluding hydrogens is 400 g/mol. The number of hydrogen-bond acceptors (Lipinski definition) is 8. The number of aliphatic hydroxyl groups excluding tert-OH is 2. The highest BCUT2D eigenvalue weighted by Crippen LogP contribution is 2.12. The Morgan fingerprint density at radius 3 is 2.03 bits per heavy atom. The molecule has 0 bridgehead atoms. The van der Waals surface area contributed by atoms with E-state index in [0.717, 1.165) is 0 Å². The van der Waals surface area contributed by atoms with Gasteiger partial charge in [0.25, 0.3) is 0 Å². The number of rotatable bonds is 11. The highest BCUT2D eigenvalue weighted by Gasteiger charge is 2.31. The highest BCUT2D eigenvalue weighted by atomic mass is 16.4. The summed E-state index contributed by atoms with van der Waals surface area (Å²) in [4.78, 5) is 47.7. The number of carboxylic acid groups (broad SMARTS) is 1. The average molecular weight is 426 g/mol. The van der Waals surface area contributed by atoms with Gasteiger partial charge in [0.15, 0.2) is 0 Å². The lowest BCUT2D eigenvalue weighted by Gasteiger charge is -2.25. The maximum atomic E-state index is 12.6. The zero-order valence-electron chi connectivity index (χ0n) is 16.2. The molecule has 0 saturated heterocycles. The van der Waals surface area contributed by atoms with Crippen LogP contribution in [0.1, 0.15) is 12.5 Å². The van der Waals surface area contributed by atoms with E-state index in [0.29, 0.717) is 5.56 Å². The van der Waals surface area contributed by atoms with Gasteiger partial charge in [-0.2, -0.15) is 0 Å². The van der Waals surface area contributed by atoms with E-state index in [-0.39, 0.29) is 12.2 Å². The van der Waals surface area contributed by atoms with Gasteiger partial charge in [0.1, 0.15) is 23.9 Å². The molecule has 0 radical (unpaired) electrons. The van der Waals surface area contributed by atoms with Crippen molar-refractivity contribution in [2.45, 2.75) is 37.6 Å². The molecule has 0 aliphatic rings. The van der Waals surface area contributed by atoms with E-state index < -0.39 is 61.1 Å². The minimum Gasteiger partial charge on any atom is -0.508 e. The van der Waals surface area contributed by atoms with E-state index in [1.54, 1.807) is 0 Å². The fourth-order valence-corrected chi connectivity index (χ4v) is 2.43. The molecule has 1 aromatic rings. The molecular formula is C18H26N4O8. The van der Waals surface area contributed by atoms with Crippen molar-refractivity contribution >= 4 is 23.7 Å². The number of nitrogens with two attached hydrogens (primary N) is 1. The monoisotopic (exact) mass is 426 g/mol. The quantitative estimate of drug-likeness (QED) is 0.179. The average Bonchev–Trinajstić information content (AvgIpc) is 2.70. The van der Waals surface area contributed by atoms with Crippen molar-refractivity contribution in [3.63, 3.8) is 0 Å². The summed E-state index contributed by atoms with van der Waals surface area (Å²) < 4.78 is 0. The molecule has 0 saturated carbocycles. The Balaban J connectivity index is 3.06. The Kier molecular flexibility index (Phi) is 9.68. The molecule has 4 unspecified atom stereocenters. The van der Waals surface area contributed by atoms with Crippen LogP contribution in [-0.2, 0) is 25.6 Å². The van der Waals surface area contributed by atoms with Crippen LogP contribution in [0.25, 0.3) is 0 Å². The summed E-state index contributed by atoms with van der Waals surface area (Å²) in [5.41, 5.74) is 5.71. The zero-order chi connectivity index (χ0) is 22.8. The molecule has 4 atom stereocenters.